The fourth-order valence-electron chi connectivity index (χ4n) is 4.07. The van der Waals surface area contributed by atoms with Crippen LogP contribution in [-0.2, 0) is 6.61 Å². The first-order chi connectivity index (χ1) is 15.1. The molecular formula is C24H28ClN3O3. The van der Waals surface area contributed by atoms with Crippen molar-refractivity contribution >= 4 is 23.5 Å². The lowest BCUT2D eigenvalue weighted by Crippen LogP contribution is -2.54. The summed E-state index contributed by atoms with van der Waals surface area (Å²) >= 11 is 5.94. The molecule has 2 heterocycles. The van der Waals surface area contributed by atoms with E-state index in [1.807, 2.05) is 57.2 Å². The number of halogens is 1. The number of piperidine rings is 1. The average Bonchev–Trinajstić information content (AvgIpc) is 2.83. The number of rotatable bonds is 4. The normalized spacial score (nSPS) is 16.9. The molecule has 0 aliphatic carbocycles. The van der Waals surface area contributed by atoms with Gasteiger partial charge in [0.2, 0.25) is 0 Å². The molecule has 31 heavy (non-hydrogen) atoms. The van der Waals surface area contributed by atoms with Crippen LogP contribution in [-0.4, -0.2) is 65.9 Å². The van der Waals surface area contributed by atoms with Gasteiger partial charge in [0.1, 0.15) is 12.4 Å². The molecule has 0 radical (unpaired) electrons. The number of para-hydroxylation sites is 1. The van der Waals surface area contributed by atoms with Crippen molar-refractivity contribution in [1.82, 2.24) is 14.7 Å². The van der Waals surface area contributed by atoms with Gasteiger partial charge >= 0.3 is 6.03 Å². The van der Waals surface area contributed by atoms with Gasteiger partial charge in [0.05, 0.1) is 5.56 Å². The number of carbonyl (C=O) groups is 2. The second kappa shape index (κ2) is 10.1. The predicted octanol–water partition coefficient (Wildman–Crippen LogP) is 4.28. The van der Waals surface area contributed by atoms with E-state index in [4.69, 9.17) is 16.3 Å². The minimum atomic E-state index is -0.0585. The Hall–Kier alpha value is -2.73. The number of amides is 3. The van der Waals surface area contributed by atoms with Crippen molar-refractivity contribution in [2.75, 3.05) is 39.3 Å². The van der Waals surface area contributed by atoms with Crippen LogP contribution in [0.3, 0.4) is 0 Å². The minimum absolute atomic E-state index is 0.0585. The highest BCUT2D eigenvalue weighted by Crippen LogP contribution is 2.23. The SMILES string of the molecule is O=C(c1ccccc1OCc1ccc(Cl)cc1)N1CCN(C(=O)N2CCCCC2)CC1. The third kappa shape index (κ3) is 5.31. The maximum absolute atomic E-state index is 13.2. The standard InChI is InChI=1S/C24H28ClN3O3/c25-20-10-8-19(9-11-20)18-31-22-7-3-2-6-21(22)23(29)26-14-16-28(17-15-26)24(30)27-12-4-1-5-13-27/h2-3,6-11H,1,4-5,12-18H2. The van der Waals surface area contributed by atoms with E-state index < -0.39 is 0 Å². The van der Waals surface area contributed by atoms with E-state index in [-0.39, 0.29) is 11.9 Å². The summed E-state index contributed by atoms with van der Waals surface area (Å²) in [7, 11) is 0. The molecule has 0 bridgehead atoms. The molecule has 0 saturated carbocycles. The largest absolute Gasteiger partial charge is 0.488 e. The molecule has 4 rings (SSSR count). The Bertz CT molecular complexity index is 905. The van der Waals surface area contributed by atoms with Crippen molar-refractivity contribution in [3.63, 3.8) is 0 Å². The molecule has 0 spiro atoms. The van der Waals surface area contributed by atoms with Crippen LogP contribution in [0.2, 0.25) is 5.02 Å². The Kier molecular flexibility index (Phi) is 6.97. The number of ether oxygens (including phenoxy) is 1. The van der Waals surface area contributed by atoms with Crippen molar-refractivity contribution in [1.29, 1.82) is 0 Å². The van der Waals surface area contributed by atoms with Gasteiger partial charge in [-0.15, -0.1) is 0 Å². The first-order valence-electron chi connectivity index (χ1n) is 10.9. The summed E-state index contributed by atoms with van der Waals surface area (Å²) in [6.45, 7) is 4.24. The second-order valence-corrected chi connectivity index (χ2v) is 8.46. The van der Waals surface area contributed by atoms with Gasteiger partial charge < -0.3 is 19.4 Å². The number of carbonyl (C=O) groups excluding carboxylic acids is 2. The molecule has 3 amide bonds. The zero-order chi connectivity index (χ0) is 21.6. The van der Waals surface area contributed by atoms with Gasteiger partial charge in [-0.05, 0) is 49.1 Å². The van der Waals surface area contributed by atoms with E-state index in [1.54, 1.807) is 6.07 Å². The van der Waals surface area contributed by atoms with E-state index in [0.29, 0.717) is 49.1 Å². The summed E-state index contributed by atoms with van der Waals surface area (Å²) < 4.78 is 5.95. The van der Waals surface area contributed by atoms with Crippen molar-refractivity contribution in [2.24, 2.45) is 0 Å². The van der Waals surface area contributed by atoms with Gasteiger partial charge in [0, 0.05) is 44.3 Å². The molecule has 2 aliphatic rings. The van der Waals surface area contributed by atoms with Crippen molar-refractivity contribution in [3.05, 3.63) is 64.7 Å². The average molecular weight is 442 g/mol. The van der Waals surface area contributed by atoms with Gasteiger partial charge in [-0.25, -0.2) is 4.79 Å². The number of hydrogen-bond acceptors (Lipinski definition) is 3. The zero-order valence-electron chi connectivity index (χ0n) is 17.6. The van der Waals surface area contributed by atoms with Gasteiger partial charge in [-0.3, -0.25) is 4.79 Å². The van der Waals surface area contributed by atoms with Crippen LogP contribution < -0.4 is 4.74 Å². The Balaban J connectivity index is 1.35. The molecule has 2 saturated heterocycles. The van der Waals surface area contributed by atoms with Crippen LogP contribution in [0, 0.1) is 0 Å². The van der Waals surface area contributed by atoms with Crippen LogP contribution in [0.25, 0.3) is 0 Å². The Morgan fingerprint density at radius 3 is 2.10 bits per heavy atom. The van der Waals surface area contributed by atoms with Gasteiger partial charge in [0.25, 0.3) is 5.91 Å². The van der Waals surface area contributed by atoms with E-state index in [0.717, 1.165) is 31.5 Å². The van der Waals surface area contributed by atoms with Crippen molar-refractivity contribution in [2.45, 2.75) is 25.9 Å². The first-order valence-corrected chi connectivity index (χ1v) is 11.3. The Morgan fingerprint density at radius 2 is 1.39 bits per heavy atom. The fourth-order valence-corrected chi connectivity index (χ4v) is 4.19. The summed E-state index contributed by atoms with van der Waals surface area (Å²) in [6.07, 6.45) is 3.36. The number of benzene rings is 2. The lowest BCUT2D eigenvalue weighted by molar-refractivity contribution is 0.0628. The first kappa shape index (κ1) is 21.5. The van der Waals surface area contributed by atoms with Crippen LogP contribution in [0.4, 0.5) is 4.79 Å². The number of piperazine rings is 1. The van der Waals surface area contributed by atoms with Crippen LogP contribution in [0.5, 0.6) is 5.75 Å². The maximum atomic E-state index is 13.2. The Labute approximate surface area is 188 Å². The lowest BCUT2D eigenvalue weighted by atomic mass is 10.1. The molecular weight excluding hydrogens is 414 g/mol. The molecule has 6 nitrogen and oxygen atoms in total. The molecule has 2 aromatic rings. The molecule has 0 N–H and O–H groups in total. The summed E-state index contributed by atoms with van der Waals surface area (Å²) in [5.41, 5.74) is 1.53. The third-order valence-electron chi connectivity index (χ3n) is 5.89. The Morgan fingerprint density at radius 1 is 0.774 bits per heavy atom. The van der Waals surface area contributed by atoms with Crippen molar-refractivity contribution < 1.29 is 14.3 Å². The summed E-state index contributed by atoms with van der Waals surface area (Å²) in [5.74, 6) is 0.506. The topological polar surface area (TPSA) is 53.1 Å². The highest BCUT2D eigenvalue weighted by Gasteiger charge is 2.29. The van der Waals surface area contributed by atoms with Gasteiger partial charge in [-0.2, -0.15) is 0 Å². The van der Waals surface area contributed by atoms with Gasteiger partial charge in [0.15, 0.2) is 0 Å². The molecule has 7 heteroatoms. The minimum Gasteiger partial charge on any atom is -0.488 e. The highest BCUT2D eigenvalue weighted by molar-refractivity contribution is 6.30. The van der Waals surface area contributed by atoms with Crippen LogP contribution in [0.1, 0.15) is 35.2 Å². The predicted molar refractivity (Wildman–Crippen MR) is 121 cm³/mol. The molecule has 2 fully saturated rings. The zero-order valence-corrected chi connectivity index (χ0v) is 18.4. The van der Waals surface area contributed by atoms with Crippen LogP contribution >= 0.6 is 11.6 Å². The van der Waals surface area contributed by atoms with Gasteiger partial charge in [-0.1, -0.05) is 35.9 Å². The molecule has 0 atom stereocenters. The summed E-state index contributed by atoms with van der Waals surface area (Å²) in [6, 6.07) is 14.9. The lowest BCUT2D eigenvalue weighted by Gasteiger charge is -2.38. The summed E-state index contributed by atoms with van der Waals surface area (Å²) in [4.78, 5) is 31.5. The van der Waals surface area contributed by atoms with E-state index in [1.165, 1.54) is 6.42 Å². The fraction of sp³-hybridized carbons (Fsp3) is 0.417. The van der Waals surface area contributed by atoms with Crippen LogP contribution in [0.15, 0.2) is 48.5 Å². The monoisotopic (exact) mass is 441 g/mol. The smallest absolute Gasteiger partial charge is 0.320 e. The third-order valence-corrected chi connectivity index (χ3v) is 6.14. The second-order valence-electron chi connectivity index (χ2n) is 8.02. The number of likely N-dealkylation sites (tertiary alicyclic amines) is 1. The quantitative estimate of drug-likeness (QED) is 0.711. The number of nitrogens with zero attached hydrogens (tertiary/aromatic N) is 3. The van der Waals surface area contributed by atoms with E-state index in [9.17, 15) is 9.59 Å². The number of hydrogen-bond donors (Lipinski definition) is 0. The number of urea groups is 1. The van der Waals surface area contributed by atoms with Crippen molar-refractivity contribution in [3.8, 4) is 5.75 Å². The molecule has 0 aromatic heterocycles. The molecule has 164 valence electrons. The summed E-state index contributed by atoms with van der Waals surface area (Å²) in [5, 5.41) is 0.678. The highest BCUT2D eigenvalue weighted by atomic mass is 35.5. The molecule has 2 aromatic carbocycles. The maximum Gasteiger partial charge on any atom is 0.320 e. The molecule has 0 unspecified atom stereocenters. The molecule has 2 aliphatic heterocycles. The van der Waals surface area contributed by atoms with E-state index in [2.05, 4.69) is 0 Å². The van der Waals surface area contributed by atoms with E-state index >= 15 is 0 Å².